The number of hydrogen-bond donors (Lipinski definition) is 1. The van der Waals surface area contributed by atoms with Crippen molar-refractivity contribution < 1.29 is 28.3 Å². The monoisotopic (exact) mass is 477 g/mol. The number of benzene rings is 2. The van der Waals surface area contributed by atoms with E-state index >= 15 is 0 Å². The van der Waals surface area contributed by atoms with Gasteiger partial charge in [-0.3, -0.25) is 4.79 Å². The van der Waals surface area contributed by atoms with Gasteiger partial charge in [-0.2, -0.15) is 5.26 Å². The van der Waals surface area contributed by atoms with Crippen molar-refractivity contribution in [3.63, 3.8) is 0 Å². The largest absolute Gasteiger partial charge is 0.493 e. The van der Waals surface area contributed by atoms with E-state index in [1.807, 2.05) is 38.1 Å². The quantitative estimate of drug-likeness (QED) is 0.255. The maximum absolute atomic E-state index is 12.5. The van der Waals surface area contributed by atoms with Gasteiger partial charge in [0.1, 0.15) is 36.4 Å². The van der Waals surface area contributed by atoms with E-state index < -0.39 is 5.91 Å². The molecule has 0 aliphatic carbocycles. The van der Waals surface area contributed by atoms with Gasteiger partial charge in [0.25, 0.3) is 5.91 Å². The number of aryl methyl sites for hydroxylation is 3. The fourth-order valence-electron chi connectivity index (χ4n) is 3.16. The van der Waals surface area contributed by atoms with E-state index in [1.165, 1.54) is 25.9 Å². The summed E-state index contributed by atoms with van der Waals surface area (Å²) in [6.45, 7) is 6.33. The Morgan fingerprint density at radius 3 is 2.29 bits per heavy atom. The first-order valence-electron chi connectivity index (χ1n) is 10.8. The third-order valence-electron chi connectivity index (χ3n) is 5.11. The molecular weight excluding hydrogens is 450 g/mol. The zero-order valence-corrected chi connectivity index (χ0v) is 20.3. The van der Waals surface area contributed by atoms with Crippen LogP contribution in [0.5, 0.6) is 23.0 Å². The van der Waals surface area contributed by atoms with Crippen LogP contribution < -0.4 is 24.3 Å². The zero-order chi connectivity index (χ0) is 25.4. The molecule has 0 unspecified atom stereocenters. The molecule has 35 heavy (non-hydrogen) atoms. The average molecular weight is 478 g/mol. The molecule has 0 aliphatic rings. The van der Waals surface area contributed by atoms with Crippen molar-refractivity contribution in [3.8, 4) is 29.1 Å². The van der Waals surface area contributed by atoms with Crippen LogP contribution in [0.4, 0.5) is 5.82 Å². The van der Waals surface area contributed by atoms with Crippen molar-refractivity contribution in [2.24, 2.45) is 0 Å². The lowest BCUT2D eigenvalue weighted by Gasteiger charge is -2.16. The number of nitrogens with one attached hydrogen (secondary N) is 1. The maximum atomic E-state index is 12.5. The summed E-state index contributed by atoms with van der Waals surface area (Å²) in [6.07, 6.45) is 1.42. The minimum atomic E-state index is -0.623. The summed E-state index contributed by atoms with van der Waals surface area (Å²) in [4.78, 5) is 12.5. The van der Waals surface area contributed by atoms with Crippen molar-refractivity contribution in [1.29, 1.82) is 5.26 Å². The molecule has 0 bridgehead atoms. The van der Waals surface area contributed by atoms with Gasteiger partial charge in [-0.05, 0) is 67.8 Å². The van der Waals surface area contributed by atoms with Crippen LogP contribution in [0.3, 0.4) is 0 Å². The molecule has 9 heteroatoms. The average Bonchev–Trinajstić information content (AvgIpc) is 3.26. The van der Waals surface area contributed by atoms with E-state index in [0.717, 1.165) is 11.3 Å². The van der Waals surface area contributed by atoms with Crippen LogP contribution in [-0.4, -0.2) is 38.5 Å². The summed E-state index contributed by atoms with van der Waals surface area (Å²) in [5.74, 6) is 2.04. The number of rotatable bonds is 10. The van der Waals surface area contributed by atoms with E-state index in [4.69, 9.17) is 23.5 Å². The second kappa shape index (κ2) is 11.6. The molecule has 1 aromatic heterocycles. The first-order valence-corrected chi connectivity index (χ1v) is 10.8. The minimum absolute atomic E-state index is 0.134. The van der Waals surface area contributed by atoms with Gasteiger partial charge in [0, 0.05) is 6.07 Å². The molecule has 0 aliphatic heterocycles. The second-order valence-electron chi connectivity index (χ2n) is 7.64. The van der Waals surface area contributed by atoms with Gasteiger partial charge in [-0.15, -0.1) is 0 Å². The number of anilines is 1. The first-order chi connectivity index (χ1) is 16.8. The van der Waals surface area contributed by atoms with Crippen molar-refractivity contribution in [1.82, 2.24) is 5.16 Å². The molecule has 0 saturated carbocycles. The molecule has 2 aromatic carbocycles. The summed E-state index contributed by atoms with van der Waals surface area (Å²) < 4.78 is 27.5. The Bertz CT molecular complexity index is 1250. The topological polar surface area (TPSA) is 116 Å². The lowest BCUT2D eigenvalue weighted by Crippen LogP contribution is -2.13. The number of nitrogens with zero attached hydrogens (tertiary/aromatic N) is 2. The lowest BCUT2D eigenvalue weighted by molar-refractivity contribution is -0.112. The molecule has 9 nitrogen and oxygen atoms in total. The predicted octanol–water partition coefficient (Wildman–Crippen LogP) is 4.62. The fraction of sp³-hybridized carbons (Fsp3) is 0.269. The highest BCUT2D eigenvalue weighted by atomic mass is 16.6. The lowest BCUT2D eigenvalue weighted by atomic mass is 10.1. The Kier molecular flexibility index (Phi) is 8.35. The number of carbonyl (C=O) groups excluding carboxylic acids is 1. The molecule has 0 spiro atoms. The van der Waals surface area contributed by atoms with E-state index in [-0.39, 0.29) is 18.0 Å². The Hall–Kier alpha value is -4.45. The molecule has 182 valence electrons. The highest BCUT2D eigenvalue weighted by Crippen LogP contribution is 2.39. The minimum Gasteiger partial charge on any atom is -0.493 e. The van der Waals surface area contributed by atoms with Gasteiger partial charge in [0.15, 0.2) is 17.3 Å². The molecular formula is C26H27N3O6. The summed E-state index contributed by atoms with van der Waals surface area (Å²) in [6, 6.07) is 12.6. The van der Waals surface area contributed by atoms with Gasteiger partial charge in [0.05, 0.1) is 14.2 Å². The molecule has 0 atom stereocenters. The Morgan fingerprint density at radius 1 is 1.03 bits per heavy atom. The highest BCUT2D eigenvalue weighted by molar-refractivity contribution is 6.09. The van der Waals surface area contributed by atoms with Crippen molar-refractivity contribution in [3.05, 3.63) is 64.4 Å². The predicted molar refractivity (Wildman–Crippen MR) is 130 cm³/mol. The van der Waals surface area contributed by atoms with E-state index in [9.17, 15) is 10.1 Å². The number of hydrogen-bond acceptors (Lipinski definition) is 8. The maximum Gasteiger partial charge on any atom is 0.267 e. The fourth-order valence-corrected chi connectivity index (χ4v) is 3.16. The molecule has 1 heterocycles. The second-order valence-corrected chi connectivity index (χ2v) is 7.64. The van der Waals surface area contributed by atoms with Crippen LogP contribution in [0.1, 0.15) is 22.5 Å². The Labute approximate surface area is 203 Å². The van der Waals surface area contributed by atoms with Gasteiger partial charge in [-0.1, -0.05) is 11.2 Å². The number of amides is 1. The molecule has 1 amide bonds. The standard InChI is InChI=1S/C26H27N3O6/c1-16-6-7-21(10-17(16)2)33-8-9-34-25-22(31-4)13-19(14-23(25)32-5)12-20(15-27)26(30)28-24-11-18(3)35-29-24/h6-7,10-14H,8-9H2,1-5H3,(H,28,29,30). The SMILES string of the molecule is COc1cc(C=C(C#N)C(=O)Nc2cc(C)on2)cc(OC)c1OCCOc1ccc(C)c(C)c1. The van der Waals surface area contributed by atoms with Gasteiger partial charge < -0.3 is 28.8 Å². The molecule has 1 N–H and O–H groups in total. The highest BCUT2D eigenvalue weighted by Gasteiger charge is 2.16. The third-order valence-corrected chi connectivity index (χ3v) is 5.11. The third kappa shape index (κ3) is 6.54. The summed E-state index contributed by atoms with van der Waals surface area (Å²) in [7, 11) is 2.98. The van der Waals surface area contributed by atoms with Crippen LogP contribution >= 0.6 is 0 Å². The summed E-state index contributed by atoms with van der Waals surface area (Å²) in [5.41, 5.74) is 2.73. The van der Waals surface area contributed by atoms with Crippen LogP contribution in [0.25, 0.3) is 6.08 Å². The van der Waals surface area contributed by atoms with Crippen molar-refractivity contribution in [2.45, 2.75) is 20.8 Å². The van der Waals surface area contributed by atoms with Crippen molar-refractivity contribution in [2.75, 3.05) is 32.8 Å². The normalized spacial score (nSPS) is 10.9. The van der Waals surface area contributed by atoms with Crippen LogP contribution in [0.15, 0.2) is 46.5 Å². The molecule has 0 fully saturated rings. The Balaban J connectivity index is 1.73. The summed E-state index contributed by atoms with van der Waals surface area (Å²) in [5, 5.41) is 15.7. The van der Waals surface area contributed by atoms with Gasteiger partial charge >= 0.3 is 0 Å². The van der Waals surface area contributed by atoms with Crippen LogP contribution in [0.2, 0.25) is 0 Å². The zero-order valence-electron chi connectivity index (χ0n) is 20.3. The number of ether oxygens (including phenoxy) is 4. The smallest absolute Gasteiger partial charge is 0.267 e. The number of nitriles is 1. The summed E-state index contributed by atoms with van der Waals surface area (Å²) >= 11 is 0. The number of carbonyl (C=O) groups is 1. The van der Waals surface area contributed by atoms with Crippen LogP contribution in [-0.2, 0) is 4.79 Å². The molecule has 3 aromatic rings. The first kappa shape index (κ1) is 25.2. The van der Waals surface area contributed by atoms with Crippen molar-refractivity contribution >= 4 is 17.8 Å². The van der Waals surface area contributed by atoms with Crippen LogP contribution in [0, 0.1) is 32.1 Å². The van der Waals surface area contributed by atoms with Gasteiger partial charge in [-0.25, -0.2) is 0 Å². The number of methoxy groups -OCH3 is 2. The van der Waals surface area contributed by atoms with Gasteiger partial charge in [0.2, 0.25) is 5.75 Å². The van der Waals surface area contributed by atoms with E-state index in [0.29, 0.717) is 35.2 Å². The van der Waals surface area contributed by atoms with E-state index in [2.05, 4.69) is 10.5 Å². The number of aromatic nitrogens is 1. The van der Waals surface area contributed by atoms with E-state index in [1.54, 1.807) is 25.1 Å². The molecule has 0 saturated heterocycles. The molecule has 3 rings (SSSR count). The molecule has 0 radical (unpaired) electrons. The Morgan fingerprint density at radius 2 is 1.71 bits per heavy atom.